The number of anilines is 6. The number of aromatic nitrogens is 18. The van der Waals surface area contributed by atoms with Crippen LogP contribution >= 0.6 is 104 Å². The topological polar surface area (TPSA) is 388 Å². The normalized spacial score (nSPS) is 10.9. The monoisotopic (exact) mass is 2130 g/mol. The molecule has 0 atom stereocenters. The maximum Gasteiger partial charge on any atom is 0.220 e. The molecule has 0 unspecified atom stereocenters. The first-order chi connectivity index (χ1) is 72.4. The summed E-state index contributed by atoms with van der Waals surface area (Å²) in [6, 6.07) is 91.0. The molecule has 0 fully saturated rings. The molecule has 0 saturated heterocycles. The highest BCUT2D eigenvalue weighted by Crippen LogP contribution is 2.45. The second-order valence-electron chi connectivity index (χ2n) is 32.9. The molecule has 0 saturated carbocycles. The van der Waals surface area contributed by atoms with Gasteiger partial charge in [0.1, 0.15) is 72.4 Å². The van der Waals surface area contributed by atoms with Crippen LogP contribution in [0.5, 0.6) is 0 Å². The minimum Gasteiger partial charge on any atom is -0.383 e. The summed E-state index contributed by atoms with van der Waals surface area (Å²) < 4.78 is 26.8. The van der Waals surface area contributed by atoms with E-state index in [1.54, 1.807) is 91.9 Å². The van der Waals surface area contributed by atoms with Crippen molar-refractivity contribution in [1.29, 1.82) is 0 Å². The minimum absolute atomic E-state index is 0.0631. The molecule has 24 nitrogen and oxygen atoms in total. The number of nitrogens with zero attached hydrogens (tertiary/aromatic N) is 18. The lowest BCUT2D eigenvalue weighted by molar-refractivity contribution is 0.628. The smallest absolute Gasteiger partial charge is 0.220 e. The zero-order chi connectivity index (χ0) is 103. The van der Waals surface area contributed by atoms with E-state index in [0.29, 0.717) is 86.2 Å². The number of fused-ring (bicyclic) bond motifs is 6. The van der Waals surface area contributed by atoms with Gasteiger partial charge in [0.15, 0.2) is 0 Å². The molecule has 0 aliphatic heterocycles. The van der Waals surface area contributed by atoms with Crippen LogP contribution < -0.4 is 34.4 Å². The maximum atomic E-state index is 13.5. The van der Waals surface area contributed by atoms with E-state index in [9.17, 15) is 8.78 Å². The van der Waals surface area contributed by atoms with E-state index in [1.807, 2.05) is 231 Å². The van der Waals surface area contributed by atoms with Gasteiger partial charge in [0.05, 0.1) is 97.4 Å². The number of pyridine rings is 6. The van der Waals surface area contributed by atoms with E-state index in [-0.39, 0.29) is 16.8 Å². The number of halogens is 11. The average molecular weight is 2140 g/mol. The third kappa shape index (κ3) is 22.5. The second-order valence-corrected chi connectivity index (χ2v) is 36.6. The highest BCUT2D eigenvalue weighted by molar-refractivity contribution is 6.44. The first-order valence-electron chi connectivity index (χ1n) is 45.2. The van der Waals surface area contributed by atoms with Crippen LogP contribution in [0.1, 0.15) is 0 Å². The van der Waals surface area contributed by atoms with E-state index in [0.717, 1.165) is 183 Å². The van der Waals surface area contributed by atoms with E-state index < -0.39 is 5.82 Å². The predicted molar refractivity (Wildman–Crippen MR) is 601 cm³/mol. The quantitative estimate of drug-likeness (QED) is 0.0661. The van der Waals surface area contributed by atoms with Gasteiger partial charge in [-0.2, -0.15) is 0 Å². The van der Waals surface area contributed by atoms with Crippen LogP contribution in [0.25, 0.3) is 200 Å². The average Bonchev–Trinajstić information content (AvgIpc) is 0.795. The van der Waals surface area contributed by atoms with Gasteiger partial charge in [0.2, 0.25) is 5.95 Å². The van der Waals surface area contributed by atoms with Crippen molar-refractivity contribution in [2.75, 3.05) is 34.4 Å². The Morgan fingerprint density at radius 1 is 0.201 bits per heavy atom. The highest BCUT2D eigenvalue weighted by atomic mass is 35.5. The summed E-state index contributed by atoms with van der Waals surface area (Å²) in [5, 5.41) is 9.23. The fourth-order valence-corrected chi connectivity index (χ4v) is 18.5. The SMILES string of the molecule is Nc1ncc2ccc(-c3cccnc3-c3ccc(F)c(Cl)c3)cc2n1.Nc1ncnc2ccc(-c3cccnc3-c3cc(Cl)ccc3Cl)cc12.Nc1ncnc2ccc(-c3cccnc3-c3ccc(Cl)cc3Cl)cc12.Nc1ncnc2ccc(-c3cccnc3-c3ccc(F)cc3Cl)cc12.Nc1ncnc2ccc(-c3cccnc3-c3cccc(Cl)c3Cl)cc12.Nc1ncnc2ccc(-c3cccnc3-c3ccccc3Cl)cc12. The molecule has 12 heterocycles. The molecular weight excluding hydrogens is 2060 g/mol. The van der Waals surface area contributed by atoms with Crippen LogP contribution in [0, 0.1) is 11.6 Å². The summed E-state index contributed by atoms with van der Waals surface area (Å²) in [4.78, 5) is 76.7. The van der Waals surface area contributed by atoms with Crippen molar-refractivity contribution in [2.45, 2.75) is 0 Å². The number of nitrogen functional groups attached to an aromatic ring is 6. The van der Waals surface area contributed by atoms with E-state index in [2.05, 4.69) is 89.7 Å². The zero-order valence-electron chi connectivity index (χ0n) is 77.4. The molecule has 24 aromatic rings. The molecule has 12 aromatic heterocycles. The number of rotatable bonds is 12. The van der Waals surface area contributed by atoms with Gasteiger partial charge in [-0.3, -0.25) is 29.9 Å². The largest absolute Gasteiger partial charge is 0.383 e. The molecule has 12 aromatic carbocycles. The fraction of sp³-hybridized carbons (Fsp3) is 0. The summed E-state index contributed by atoms with van der Waals surface area (Å²) >= 11 is 56.0. The Morgan fingerprint density at radius 3 is 0.946 bits per heavy atom. The Balaban J connectivity index is 0.000000112. The second kappa shape index (κ2) is 45.2. The lowest BCUT2D eigenvalue weighted by Crippen LogP contribution is -1.95. The van der Waals surface area contributed by atoms with E-state index in [1.165, 1.54) is 49.8 Å². The van der Waals surface area contributed by atoms with Crippen LogP contribution in [0.3, 0.4) is 0 Å². The third-order valence-corrected chi connectivity index (χ3v) is 26.6. The maximum absolute atomic E-state index is 13.5. The zero-order valence-corrected chi connectivity index (χ0v) is 84.2. The van der Waals surface area contributed by atoms with Crippen LogP contribution in [0.15, 0.2) is 372 Å². The van der Waals surface area contributed by atoms with Crippen LogP contribution in [-0.2, 0) is 0 Å². The van der Waals surface area contributed by atoms with Crippen molar-refractivity contribution in [3.05, 3.63) is 429 Å². The molecule has 0 bridgehead atoms. The van der Waals surface area contributed by atoms with E-state index in [4.69, 9.17) is 139 Å². The van der Waals surface area contributed by atoms with Crippen molar-refractivity contribution in [1.82, 2.24) is 89.7 Å². The Labute approximate surface area is 894 Å². The number of hydrogen-bond acceptors (Lipinski definition) is 24. The number of nitrogens with two attached hydrogens (primary N) is 6. The van der Waals surface area contributed by atoms with Crippen LogP contribution in [0.4, 0.5) is 43.8 Å². The number of benzene rings is 12. The highest BCUT2D eigenvalue weighted by Gasteiger charge is 2.23. The standard InChI is InChI=1S/3C19H12Cl2N4.2C19H12ClFN4.C19H13ClN4/c20-15-5-1-3-13(17(15)21)18-12(4-2-8-23-18)11-6-7-16-14(9-11)19(22)25-10-24-16;20-12-4-5-16(21)14(9-12)18-13(2-1-7-23-18)11-3-6-17-15(8-11)19(22)25-10-24-17;20-12-4-5-14(16(21)9-12)18-13(2-1-7-23-18)11-3-6-17-15(8-11)19(22)25-10-24-17;20-16-9-12(21)4-5-14(16)18-13(2-1-7-23-18)11-3-6-17-15(8-11)19(22)25-10-24-17;20-15-8-12(5-6-16(15)21)18-14(2-1-7-23-18)11-3-4-13-10-24-19(22)25-17(13)9-11;20-16-6-2-1-4-14(16)18-13(5-3-9-22-18)12-7-8-17-15(10-12)19(21)24-11-23-17/h5*1-10H,(H2,22,24,25);1-11H,(H2,21,23,24). The molecule has 726 valence electrons. The van der Waals surface area contributed by atoms with Gasteiger partial charge in [-0.05, 0) is 221 Å². The van der Waals surface area contributed by atoms with Crippen molar-refractivity contribution >= 4 is 205 Å². The minimum atomic E-state index is -0.458. The Kier molecular flexibility index (Phi) is 30.5. The number of hydrogen-bond donors (Lipinski definition) is 6. The van der Waals surface area contributed by atoms with Gasteiger partial charge in [-0.1, -0.05) is 214 Å². The molecule has 0 aliphatic rings. The summed E-state index contributed by atoms with van der Waals surface area (Å²) in [5.74, 6) is 1.59. The van der Waals surface area contributed by atoms with Crippen molar-refractivity contribution in [3.63, 3.8) is 0 Å². The van der Waals surface area contributed by atoms with Gasteiger partial charge < -0.3 is 34.4 Å². The van der Waals surface area contributed by atoms with Gasteiger partial charge in [-0.15, -0.1) is 0 Å². The van der Waals surface area contributed by atoms with Crippen LogP contribution in [-0.4, -0.2) is 89.7 Å². The molecule has 24 rings (SSSR count). The molecule has 0 radical (unpaired) electrons. The Morgan fingerprint density at radius 2 is 0.530 bits per heavy atom. The first-order valence-corrected chi connectivity index (χ1v) is 48.6. The molecular formula is C114H73Cl9F2N24. The predicted octanol–water partition coefficient (Wildman–Crippen LogP) is 29.8. The summed E-state index contributed by atoms with van der Waals surface area (Å²) in [5.41, 5.74) is 60.7. The fourth-order valence-electron chi connectivity index (χ4n) is 16.6. The summed E-state index contributed by atoms with van der Waals surface area (Å²) in [6.07, 6.45) is 19.3. The van der Waals surface area contributed by atoms with Gasteiger partial charge >= 0.3 is 0 Å². The first kappa shape index (κ1) is 101. The molecule has 0 spiro atoms. The lowest BCUT2D eigenvalue weighted by atomic mass is 9.98. The summed E-state index contributed by atoms with van der Waals surface area (Å²) in [6.45, 7) is 0. The molecule has 149 heavy (non-hydrogen) atoms. The van der Waals surface area contributed by atoms with E-state index >= 15 is 0 Å². The van der Waals surface area contributed by atoms with Crippen molar-refractivity contribution < 1.29 is 8.78 Å². The van der Waals surface area contributed by atoms with Gasteiger partial charge in [0.25, 0.3) is 0 Å². The Bertz CT molecular complexity index is 8950. The Hall–Kier alpha value is -17.2. The van der Waals surface area contributed by atoms with Crippen molar-refractivity contribution in [2.24, 2.45) is 0 Å². The lowest BCUT2D eigenvalue weighted by Gasteiger charge is -2.12. The third-order valence-electron chi connectivity index (χ3n) is 23.7. The summed E-state index contributed by atoms with van der Waals surface area (Å²) in [7, 11) is 0. The molecule has 0 amide bonds. The van der Waals surface area contributed by atoms with Crippen LogP contribution in [0.2, 0.25) is 45.2 Å². The van der Waals surface area contributed by atoms with Crippen molar-refractivity contribution in [3.8, 4) is 134 Å². The molecule has 12 N–H and O–H groups in total. The molecule has 35 heteroatoms. The molecule has 0 aliphatic carbocycles. The van der Waals surface area contributed by atoms with Gasteiger partial charge in [0, 0.05) is 158 Å². The van der Waals surface area contributed by atoms with Gasteiger partial charge in [-0.25, -0.2) is 68.6 Å².